The van der Waals surface area contributed by atoms with Crippen molar-refractivity contribution in [3.05, 3.63) is 106 Å². The topological polar surface area (TPSA) is 113 Å². The Balaban J connectivity index is 1.34. The molecule has 2 aliphatic rings. The van der Waals surface area contributed by atoms with Crippen LogP contribution in [0.2, 0.25) is 0 Å². The molecule has 1 aliphatic heterocycles. The molecule has 0 radical (unpaired) electrons. The summed E-state index contributed by atoms with van der Waals surface area (Å²) >= 11 is 0. The summed E-state index contributed by atoms with van der Waals surface area (Å²) in [7, 11) is 0. The van der Waals surface area contributed by atoms with Crippen molar-refractivity contribution in [3.63, 3.8) is 0 Å². The third-order valence-corrected chi connectivity index (χ3v) is 7.31. The SMILES string of the molecule is O=C1Nc2ccc([N+](=O)[O-])cc2/C1=C(/Nc1ccc(-c2c[nH]c(C3CCCCC3)n2)cc1)c1ccccc1. The van der Waals surface area contributed by atoms with Crippen LogP contribution in [-0.4, -0.2) is 20.8 Å². The molecular formula is C30H27N5O3. The van der Waals surface area contributed by atoms with Gasteiger partial charge >= 0.3 is 0 Å². The number of anilines is 2. The molecule has 6 rings (SSSR count). The number of carbonyl (C=O) groups is 1. The lowest BCUT2D eigenvalue weighted by Crippen LogP contribution is -2.10. The average molecular weight is 506 g/mol. The van der Waals surface area contributed by atoms with Crippen LogP contribution in [-0.2, 0) is 4.79 Å². The quantitative estimate of drug-likeness (QED) is 0.149. The van der Waals surface area contributed by atoms with E-state index in [0.717, 1.165) is 28.3 Å². The zero-order valence-electron chi connectivity index (χ0n) is 20.7. The summed E-state index contributed by atoms with van der Waals surface area (Å²) in [6, 6.07) is 21.8. The maximum Gasteiger partial charge on any atom is 0.270 e. The number of hydrogen-bond acceptors (Lipinski definition) is 5. The van der Waals surface area contributed by atoms with Crippen molar-refractivity contribution in [1.29, 1.82) is 0 Å². The minimum atomic E-state index is -0.455. The van der Waals surface area contributed by atoms with Crippen molar-refractivity contribution in [2.45, 2.75) is 38.0 Å². The van der Waals surface area contributed by atoms with Gasteiger partial charge in [0.25, 0.3) is 11.6 Å². The van der Waals surface area contributed by atoms with Crippen LogP contribution in [0.4, 0.5) is 17.1 Å². The summed E-state index contributed by atoms with van der Waals surface area (Å²) in [6.07, 6.45) is 8.17. The van der Waals surface area contributed by atoms with Crippen molar-refractivity contribution in [2.75, 3.05) is 10.6 Å². The molecule has 190 valence electrons. The van der Waals surface area contributed by atoms with E-state index >= 15 is 0 Å². The fourth-order valence-electron chi connectivity index (χ4n) is 5.34. The van der Waals surface area contributed by atoms with E-state index in [2.05, 4.69) is 15.6 Å². The van der Waals surface area contributed by atoms with Crippen LogP contribution in [0.5, 0.6) is 0 Å². The molecule has 1 fully saturated rings. The summed E-state index contributed by atoms with van der Waals surface area (Å²) < 4.78 is 0. The maximum atomic E-state index is 13.1. The van der Waals surface area contributed by atoms with Crippen molar-refractivity contribution in [1.82, 2.24) is 9.97 Å². The molecule has 1 aliphatic carbocycles. The Morgan fingerprint density at radius 3 is 2.47 bits per heavy atom. The largest absolute Gasteiger partial charge is 0.354 e. The molecule has 8 heteroatoms. The monoisotopic (exact) mass is 505 g/mol. The van der Waals surface area contributed by atoms with Gasteiger partial charge in [0, 0.05) is 46.7 Å². The van der Waals surface area contributed by atoms with E-state index < -0.39 is 4.92 Å². The van der Waals surface area contributed by atoms with Crippen LogP contribution >= 0.6 is 0 Å². The molecule has 3 N–H and O–H groups in total. The van der Waals surface area contributed by atoms with E-state index in [1.807, 2.05) is 60.8 Å². The number of fused-ring (bicyclic) bond motifs is 1. The number of aromatic nitrogens is 2. The standard InChI is InChI=1S/C30H27N5O3/c36-30-27(24-17-23(35(37)38)15-16-25(24)34-30)28(20-7-3-1-4-8-20)32-22-13-11-19(12-14-22)26-18-31-29(33-26)21-9-5-2-6-10-21/h1,3-4,7-8,11-18,21,32H,2,5-6,9-10H2,(H,31,33)(H,34,36)/b28-27-. The number of nitrogens with one attached hydrogen (secondary N) is 3. The Hall–Kier alpha value is -4.72. The molecule has 0 atom stereocenters. The number of non-ortho nitro benzene ring substituents is 1. The van der Waals surface area contributed by atoms with Gasteiger partial charge in [0.2, 0.25) is 0 Å². The second-order valence-electron chi connectivity index (χ2n) is 9.77. The molecule has 2 heterocycles. The van der Waals surface area contributed by atoms with Gasteiger partial charge in [0.15, 0.2) is 0 Å². The Labute approximate surface area is 220 Å². The van der Waals surface area contributed by atoms with Crippen molar-refractivity contribution in [2.24, 2.45) is 0 Å². The molecule has 1 aromatic heterocycles. The third-order valence-electron chi connectivity index (χ3n) is 7.31. The maximum absolute atomic E-state index is 13.1. The first-order valence-electron chi connectivity index (χ1n) is 12.9. The van der Waals surface area contributed by atoms with Gasteiger partial charge < -0.3 is 15.6 Å². The van der Waals surface area contributed by atoms with Crippen LogP contribution in [0.1, 0.15) is 55.0 Å². The number of H-pyrrole nitrogens is 1. The van der Waals surface area contributed by atoms with Gasteiger partial charge in [-0.2, -0.15) is 0 Å². The molecule has 1 amide bonds. The van der Waals surface area contributed by atoms with Gasteiger partial charge in [0.1, 0.15) is 5.82 Å². The Morgan fingerprint density at radius 1 is 0.974 bits per heavy atom. The first-order chi connectivity index (χ1) is 18.6. The molecule has 0 bridgehead atoms. The van der Waals surface area contributed by atoms with Crippen molar-refractivity contribution < 1.29 is 9.72 Å². The normalized spacial score (nSPS) is 16.6. The number of amides is 1. The van der Waals surface area contributed by atoms with Gasteiger partial charge in [-0.1, -0.05) is 61.7 Å². The molecule has 0 saturated heterocycles. The summed E-state index contributed by atoms with van der Waals surface area (Å²) in [4.78, 5) is 32.3. The highest BCUT2D eigenvalue weighted by Gasteiger charge is 2.30. The molecule has 0 spiro atoms. The zero-order chi connectivity index (χ0) is 26.1. The first-order valence-corrected chi connectivity index (χ1v) is 12.9. The third kappa shape index (κ3) is 4.56. The highest BCUT2D eigenvalue weighted by Crippen LogP contribution is 2.39. The lowest BCUT2D eigenvalue weighted by atomic mass is 9.89. The van der Waals surface area contributed by atoms with Crippen molar-refractivity contribution in [3.8, 4) is 11.3 Å². The van der Waals surface area contributed by atoms with E-state index in [-0.39, 0.29) is 11.6 Å². The van der Waals surface area contributed by atoms with E-state index in [1.165, 1.54) is 44.2 Å². The van der Waals surface area contributed by atoms with Crippen LogP contribution in [0.3, 0.4) is 0 Å². The highest BCUT2D eigenvalue weighted by molar-refractivity contribution is 6.37. The first kappa shape index (κ1) is 23.7. The number of imidazole rings is 1. The number of aromatic amines is 1. The second kappa shape index (κ2) is 9.97. The fraction of sp³-hybridized carbons (Fsp3) is 0.200. The molecule has 4 aromatic rings. The number of rotatable bonds is 6. The number of benzene rings is 3. The minimum absolute atomic E-state index is 0.0684. The molecule has 1 saturated carbocycles. The summed E-state index contributed by atoms with van der Waals surface area (Å²) in [5, 5.41) is 17.7. The van der Waals surface area contributed by atoms with Crippen LogP contribution in [0.15, 0.2) is 79.0 Å². The average Bonchev–Trinajstić information content (AvgIpc) is 3.57. The van der Waals surface area contributed by atoms with Crippen LogP contribution in [0.25, 0.3) is 22.5 Å². The Kier molecular flexibility index (Phi) is 6.21. The van der Waals surface area contributed by atoms with Gasteiger partial charge in [-0.05, 0) is 36.6 Å². The molecule has 0 unspecified atom stereocenters. The Morgan fingerprint density at radius 2 is 1.74 bits per heavy atom. The van der Waals surface area contributed by atoms with Gasteiger partial charge in [-0.25, -0.2) is 4.98 Å². The summed E-state index contributed by atoms with van der Waals surface area (Å²) in [5.41, 5.74) is 5.42. The van der Waals surface area contributed by atoms with E-state index in [4.69, 9.17) is 4.98 Å². The number of hydrogen-bond donors (Lipinski definition) is 3. The molecule has 38 heavy (non-hydrogen) atoms. The number of nitro groups is 1. The smallest absolute Gasteiger partial charge is 0.270 e. The van der Waals surface area contributed by atoms with E-state index in [1.54, 1.807) is 6.07 Å². The van der Waals surface area contributed by atoms with E-state index in [9.17, 15) is 14.9 Å². The fourth-order valence-corrected chi connectivity index (χ4v) is 5.34. The van der Waals surface area contributed by atoms with Crippen LogP contribution < -0.4 is 10.6 Å². The zero-order valence-corrected chi connectivity index (χ0v) is 20.7. The summed E-state index contributed by atoms with van der Waals surface area (Å²) in [6.45, 7) is 0. The number of nitrogens with zero attached hydrogens (tertiary/aromatic N) is 2. The number of nitro benzene ring substituents is 1. The van der Waals surface area contributed by atoms with Crippen molar-refractivity contribution >= 4 is 34.2 Å². The predicted octanol–water partition coefficient (Wildman–Crippen LogP) is 6.97. The van der Waals surface area contributed by atoms with Crippen LogP contribution in [0, 0.1) is 10.1 Å². The van der Waals surface area contributed by atoms with Gasteiger partial charge in [0.05, 0.1) is 21.9 Å². The van der Waals surface area contributed by atoms with E-state index in [0.29, 0.717) is 28.4 Å². The van der Waals surface area contributed by atoms with Gasteiger partial charge in [-0.15, -0.1) is 0 Å². The molecule has 3 aromatic carbocycles. The Bertz CT molecular complexity index is 1530. The predicted molar refractivity (Wildman–Crippen MR) is 148 cm³/mol. The highest BCUT2D eigenvalue weighted by atomic mass is 16.6. The summed E-state index contributed by atoms with van der Waals surface area (Å²) in [5.74, 6) is 1.27. The number of carbonyl (C=O) groups excluding carboxylic acids is 1. The molecule has 8 nitrogen and oxygen atoms in total. The lowest BCUT2D eigenvalue weighted by molar-refractivity contribution is -0.384. The minimum Gasteiger partial charge on any atom is -0.354 e. The molecular weight excluding hydrogens is 478 g/mol. The van der Waals surface area contributed by atoms with Gasteiger partial charge in [-0.3, -0.25) is 14.9 Å². The lowest BCUT2D eigenvalue weighted by Gasteiger charge is -2.19. The second-order valence-corrected chi connectivity index (χ2v) is 9.77.